The molecule has 0 aliphatic carbocycles. The second-order valence-corrected chi connectivity index (χ2v) is 10.5. The Kier molecular flexibility index (Phi) is 8.63. The molecule has 0 aliphatic rings. The van der Waals surface area contributed by atoms with Crippen molar-refractivity contribution in [2.75, 3.05) is 25.1 Å². The fourth-order valence-corrected chi connectivity index (χ4v) is 4.64. The molecule has 0 amide bonds. The number of hydrogen-bond donors (Lipinski definition) is 0. The molecule has 5 aromatic rings. The molecule has 0 radical (unpaired) electrons. The molecule has 5 rings (SSSR count). The Labute approximate surface area is 241 Å². The zero-order chi connectivity index (χ0) is 28.8. The molecule has 0 atom stereocenters. The van der Waals surface area contributed by atoms with Gasteiger partial charge in [0.05, 0.1) is 12.2 Å². The topological polar surface area (TPSA) is 52.4 Å². The SMILES string of the molecule is Cc1cnccc1N(C)CCOc1ccc(-c2cn(-c3ccc(Oc4ccc(F)cc4)cc3)c(CC(C)C)n2)cc1. The van der Waals surface area contributed by atoms with Crippen molar-refractivity contribution in [3.8, 4) is 34.2 Å². The molecular weight excluding hydrogens is 515 g/mol. The van der Waals surface area contributed by atoms with Crippen LogP contribution in [0.1, 0.15) is 25.2 Å². The third kappa shape index (κ3) is 7.11. The smallest absolute Gasteiger partial charge is 0.127 e. The molecule has 0 saturated heterocycles. The van der Waals surface area contributed by atoms with Gasteiger partial charge in [0.1, 0.15) is 35.5 Å². The monoisotopic (exact) mass is 550 g/mol. The maximum Gasteiger partial charge on any atom is 0.127 e. The predicted octanol–water partition coefficient (Wildman–Crippen LogP) is 7.89. The van der Waals surface area contributed by atoms with Crippen LogP contribution in [0.15, 0.2) is 97.5 Å². The summed E-state index contributed by atoms with van der Waals surface area (Å²) in [6.07, 6.45) is 6.61. The maximum absolute atomic E-state index is 13.2. The van der Waals surface area contributed by atoms with Crippen molar-refractivity contribution in [3.63, 3.8) is 0 Å². The molecule has 0 unspecified atom stereocenters. The number of halogens is 1. The first kappa shape index (κ1) is 27.9. The van der Waals surface area contributed by atoms with Gasteiger partial charge < -0.3 is 18.9 Å². The Bertz CT molecular complexity index is 1560. The lowest BCUT2D eigenvalue weighted by Gasteiger charge is -2.21. The molecule has 0 bridgehead atoms. The van der Waals surface area contributed by atoms with Crippen molar-refractivity contribution in [2.24, 2.45) is 5.92 Å². The van der Waals surface area contributed by atoms with E-state index >= 15 is 0 Å². The normalized spacial score (nSPS) is 11.1. The average Bonchev–Trinajstić information content (AvgIpc) is 3.38. The summed E-state index contributed by atoms with van der Waals surface area (Å²) in [5.74, 6) is 3.26. The van der Waals surface area contributed by atoms with Gasteiger partial charge in [-0.15, -0.1) is 0 Å². The van der Waals surface area contributed by atoms with Gasteiger partial charge in [-0.1, -0.05) is 13.8 Å². The zero-order valence-corrected chi connectivity index (χ0v) is 23.9. The quantitative estimate of drug-likeness (QED) is 0.167. The highest BCUT2D eigenvalue weighted by Crippen LogP contribution is 2.28. The number of nitrogens with zero attached hydrogens (tertiary/aromatic N) is 4. The van der Waals surface area contributed by atoms with Gasteiger partial charge in [-0.25, -0.2) is 9.37 Å². The lowest BCUT2D eigenvalue weighted by molar-refractivity contribution is 0.326. The number of hydrogen-bond acceptors (Lipinski definition) is 5. The molecule has 3 aromatic carbocycles. The molecule has 0 spiro atoms. The molecule has 0 aliphatic heterocycles. The van der Waals surface area contributed by atoms with Gasteiger partial charge in [-0.3, -0.25) is 4.98 Å². The summed E-state index contributed by atoms with van der Waals surface area (Å²) in [5.41, 5.74) is 5.24. The number of aryl methyl sites for hydroxylation is 1. The van der Waals surface area contributed by atoms with Crippen molar-refractivity contribution in [1.82, 2.24) is 14.5 Å². The van der Waals surface area contributed by atoms with Crippen LogP contribution in [-0.2, 0) is 6.42 Å². The lowest BCUT2D eigenvalue weighted by atomic mass is 10.1. The second kappa shape index (κ2) is 12.7. The third-order valence-electron chi connectivity index (χ3n) is 6.78. The van der Waals surface area contributed by atoms with Crippen LogP contribution in [0.2, 0.25) is 0 Å². The molecule has 2 aromatic heterocycles. The first-order valence-electron chi connectivity index (χ1n) is 13.8. The van der Waals surface area contributed by atoms with E-state index in [2.05, 4.69) is 60.6 Å². The number of imidazole rings is 1. The van der Waals surface area contributed by atoms with E-state index in [-0.39, 0.29) is 5.82 Å². The van der Waals surface area contributed by atoms with Crippen LogP contribution in [0.4, 0.5) is 10.1 Å². The Balaban J connectivity index is 1.27. The van der Waals surface area contributed by atoms with Gasteiger partial charge in [0.25, 0.3) is 0 Å². The highest BCUT2D eigenvalue weighted by atomic mass is 19.1. The van der Waals surface area contributed by atoms with Gasteiger partial charge in [0.2, 0.25) is 0 Å². The first-order valence-corrected chi connectivity index (χ1v) is 13.8. The zero-order valence-electron chi connectivity index (χ0n) is 23.9. The molecule has 6 nitrogen and oxygen atoms in total. The molecule has 0 N–H and O–H groups in total. The van der Waals surface area contributed by atoms with Gasteiger partial charge >= 0.3 is 0 Å². The lowest BCUT2D eigenvalue weighted by Crippen LogP contribution is -2.24. The van der Waals surface area contributed by atoms with E-state index in [0.29, 0.717) is 24.0 Å². The average molecular weight is 551 g/mol. The van der Waals surface area contributed by atoms with Gasteiger partial charge in [0.15, 0.2) is 0 Å². The van der Waals surface area contributed by atoms with Crippen LogP contribution in [0.3, 0.4) is 0 Å². The highest BCUT2D eigenvalue weighted by molar-refractivity contribution is 5.61. The predicted molar refractivity (Wildman–Crippen MR) is 162 cm³/mol. The Morgan fingerprint density at radius 1 is 0.878 bits per heavy atom. The van der Waals surface area contributed by atoms with E-state index < -0.39 is 0 Å². The fourth-order valence-electron chi connectivity index (χ4n) is 4.64. The number of aromatic nitrogens is 3. The fraction of sp³-hybridized carbons (Fsp3) is 0.235. The molecule has 2 heterocycles. The summed E-state index contributed by atoms with van der Waals surface area (Å²) in [7, 11) is 2.06. The molecule has 0 fully saturated rings. The van der Waals surface area contributed by atoms with Gasteiger partial charge in [0, 0.05) is 49.0 Å². The summed E-state index contributed by atoms with van der Waals surface area (Å²) in [6.45, 7) is 7.79. The van der Waals surface area contributed by atoms with E-state index in [9.17, 15) is 4.39 Å². The molecule has 41 heavy (non-hydrogen) atoms. The van der Waals surface area contributed by atoms with Crippen LogP contribution < -0.4 is 14.4 Å². The van der Waals surface area contributed by atoms with E-state index in [1.807, 2.05) is 54.9 Å². The van der Waals surface area contributed by atoms with Crippen molar-refractivity contribution in [1.29, 1.82) is 0 Å². The van der Waals surface area contributed by atoms with Crippen LogP contribution in [-0.4, -0.2) is 34.7 Å². The molecular formula is C34H35FN4O2. The molecule has 0 saturated carbocycles. The van der Waals surface area contributed by atoms with Crippen molar-refractivity contribution in [2.45, 2.75) is 27.2 Å². The number of anilines is 1. The van der Waals surface area contributed by atoms with E-state index in [1.54, 1.807) is 12.1 Å². The second-order valence-electron chi connectivity index (χ2n) is 10.5. The molecule has 210 valence electrons. The minimum atomic E-state index is -0.289. The minimum Gasteiger partial charge on any atom is -0.492 e. The van der Waals surface area contributed by atoms with Crippen molar-refractivity contribution >= 4 is 5.69 Å². The molecule has 7 heteroatoms. The van der Waals surface area contributed by atoms with Crippen molar-refractivity contribution < 1.29 is 13.9 Å². The number of ether oxygens (including phenoxy) is 2. The Hall–Kier alpha value is -4.65. The minimum absolute atomic E-state index is 0.289. The number of rotatable bonds is 11. The number of likely N-dealkylation sites (N-methyl/N-ethyl adjacent to an activating group) is 1. The van der Waals surface area contributed by atoms with E-state index in [1.165, 1.54) is 12.1 Å². The summed E-state index contributed by atoms with van der Waals surface area (Å²) >= 11 is 0. The Morgan fingerprint density at radius 2 is 1.54 bits per heavy atom. The van der Waals surface area contributed by atoms with Crippen LogP contribution >= 0.6 is 0 Å². The van der Waals surface area contributed by atoms with Crippen molar-refractivity contribution in [3.05, 3.63) is 115 Å². The first-order chi connectivity index (χ1) is 19.9. The van der Waals surface area contributed by atoms with Crippen LogP contribution in [0.5, 0.6) is 17.2 Å². The number of pyridine rings is 1. The standard InChI is InChI=1S/C34H35FN4O2/c1-24(2)21-34-37-32(23-39(34)28-9-15-31(16-10-28)41-30-13-7-27(35)8-14-30)26-5-11-29(12-6-26)40-20-19-38(4)33-17-18-36-22-25(33)3/h5-18,22-24H,19-21H2,1-4H3. The van der Waals surface area contributed by atoms with Crippen LogP contribution in [0.25, 0.3) is 16.9 Å². The summed E-state index contributed by atoms with van der Waals surface area (Å²) in [5, 5.41) is 0. The Morgan fingerprint density at radius 3 is 2.20 bits per heavy atom. The van der Waals surface area contributed by atoms with E-state index in [4.69, 9.17) is 14.5 Å². The van der Waals surface area contributed by atoms with Gasteiger partial charge in [-0.2, -0.15) is 0 Å². The summed E-state index contributed by atoms with van der Waals surface area (Å²) < 4.78 is 27.2. The van der Waals surface area contributed by atoms with Gasteiger partial charge in [-0.05, 0) is 97.3 Å². The van der Waals surface area contributed by atoms with E-state index in [0.717, 1.165) is 52.7 Å². The maximum atomic E-state index is 13.2. The van der Waals surface area contributed by atoms with Crippen LogP contribution in [0, 0.1) is 18.7 Å². The highest BCUT2D eigenvalue weighted by Gasteiger charge is 2.14. The summed E-state index contributed by atoms with van der Waals surface area (Å²) in [6, 6.07) is 24.0. The number of benzene rings is 3. The third-order valence-corrected chi connectivity index (χ3v) is 6.78. The summed E-state index contributed by atoms with van der Waals surface area (Å²) in [4.78, 5) is 11.3. The largest absolute Gasteiger partial charge is 0.492 e.